The zero-order valence-electron chi connectivity index (χ0n) is 34.6. The summed E-state index contributed by atoms with van der Waals surface area (Å²) in [4.78, 5) is 29.1. The van der Waals surface area contributed by atoms with Gasteiger partial charge in [0.25, 0.3) is 0 Å². The summed E-state index contributed by atoms with van der Waals surface area (Å²) < 4.78 is 5.36. The lowest BCUT2D eigenvalue weighted by Gasteiger charge is -2.13. The van der Waals surface area contributed by atoms with E-state index in [-0.39, 0.29) is 6.61 Å². The highest BCUT2D eigenvalue weighted by atomic mass is 32.1. The molecule has 16 nitrogen and oxygen atoms in total. The summed E-state index contributed by atoms with van der Waals surface area (Å²) in [6, 6.07) is 31.1. The van der Waals surface area contributed by atoms with Crippen LogP contribution in [0, 0.1) is 0 Å². The van der Waals surface area contributed by atoms with E-state index in [1.165, 1.54) is 0 Å². The molecule has 2 heterocycles. The van der Waals surface area contributed by atoms with Crippen molar-refractivity contribution in [2.45, 2.75) is 29.6 Å². The highest BCUT2D eigenvalue weighted by Crippen LogP contribution is 2.28. The van der Waals surface area contributed by atoms with E-state index >= 15 is 0 Å². The van der Waals surface area contributed by atoms with Crippen molar-refractivity contribution in [3.05, 3.63) is 108 Å². The number of aliphatic hydroxyl groups excluding tert-OH is 1. The number of nitrogens with one attached hydrogen (secondary N) is 8. The molecule has 0 saturated carbocycles. The standard InChI is InChI=1S/C44H54N14O2S2/c1-2-20-45-22-23-46-24-25-48-40-55-42(50-34-12-7-4-8-13-34)58-44(56-40)52-36-19-17-32(38(62)30-36)15-14-31-16-18-35(29-37(31)61)51-43-54-39(47-21-9-27-60-28-26-59)53-41(57-43)49-33-10-5-3-6-11-33/h3-8,10-19,29-30,45-46,59,61-62H,2,9,20-28H2,1H3,(H3,47,49,51,53,54,57)(H3,48,50,52,55,56,58)/b15-14+. The van der Waals surface area contributed by atoms with Gasteiger partial charge in [-0.05, 0) is 79.0 Å². The van der Waals surface area contributed by atoms with E-state index in [2.05, 4.69) is 79.4 Å². The number of benzene rings is 4. The van der Waals surface area contributed by atoms with Crippen LogP contribution in [0.5, 0.6) is 0 Å². The van der Waals surface area contributed by atoms with E-state index in [4.69, 9.17) is 35.1 Å². The van der Waals surface area contributed by atoms with Gasteiger partial charge in [0.05, 0.1) is 13.2 Å². The summed E-state index contributed by atoms with van der Waals surface area (Å²) in [5.74, 6) is 2.39. The van der Waals surface area contributed by atoms with Gasteiger partial charge in [-0.1, -0.05) is 67.6 Å². The fraction of sp³-hybridized carbons (Fsp3) is 0.273. The molecule has 62 heavy (non-hydrogen) atoms. The van der Waals surface area contributed by atoms with Crippen molar-refractivity contribution in [2.75, 3.05) is 91.0 Å². The number of nitrogens with zero attached hydrogens (tertiary/aromatic N) is 6. The summed E-state index contributed by atoms with van der Waals surface area (Å²) in [5.41, 5.74) is 5.06. The first-order chi connectivity index (χ1) is 30.4. The first-order valence-corrected chi connectivity index (χ1v) is 21.5. The molecule has 6 rings (SSSR count). The molecule has 2 aromatic heterocycles. The number of para-hydroxylation sites is 2. The number of thiol groups is 2. The van der Waals surface area contributed by atoms with E-state index < -0.39 is 0 Å². The maximum absolute atomic E-state index is 8.94. The number of hydrogen-bond acceptors (Lipinski definition) is 18. The van der Waals surface area contributed by atoms with Gasteiger partial charge in [0.15, 0.2) is 0 Å². The fourth-order valence-corrected chi connectivity index (χ4v) is 6.38. The lowest BCUT2D eigenvalue weighted by molar-refractivity contribution is 0.0921. The minimum atomic E-state index is -0.00515. The Morgan fingerprint density at radius 1 is 0.500 bits per heavy atom. The van der Waals surface area contributed by atoms with E-state index in [1.807, 2.05) is 109 Å². The first kappa shape index (κ1) is 45.5. The Hall–Kier alpha value is -6.02. The predicted molar refractivity (Wildman–Crippen MR) is 258 cm³/mol. The van der Waals surface area contributed by atoms with Gasteiger partial charge in [0.1, 0.15) is 0 Å². The molecule has 9 N–H and O–H groups in total. The van der Waals surface area contributed by atoms with Crippen LogP contribution in [0.15, 0.2) is 107 Å². The van der Waals surface area contributed by atoms with Gasteiger partial charge >= 0.3 is 0 Å². The minimum Gasteiger partial charge on any atom is -0.394 e. The average Bonchev–Trinajstić information content (AvgIpc) is 3.27. The predicted octanol–water partition coefficient (Wildman–Crippen LogP) is 7.59. The number of ether oxygens (including phenoxy) is 1. The van der Waals surface area contributed by atoms with Crippen molar-refractivity contribution >= 4 is 95.8 Å². The molecule has 0 spiro atoms. The van der Waals surface area contributed by atoms with Crippen molar-refractivity contribution in [1.29, 1.82) is 0 Å². The van der Waals surface area contributed by atoms with Gasteiger partial charge in [-0.2, -0.15) is 29.9 Å². The molecule has 0 atom stereocenters. The molecule has 0 unspecified atom stereocenters. The zero-order valence-corrected chi connectivity index (χ0v) is 36.4. The molecule has 0 fully saturated rings. The molecule has 18 heteroatoms. The first-order valence-electron chi connectivity index (χ1n) is 20.6. The molecule has 0 aliphatic heterocycles. The summed E-state index contributed by atoms with van der Waals surface area (Å²) >= 11 is 9.61. The maximum Gasteiger partial charge on any atom is 0.233 e. The summed E-state index contributed by atoms with van der Waals surface area (Å²) in [5, 5.41) is 35.4. The van der Waals surface area contributed by atoms with E-state index in [0.717, 1.165) is 76.3 Å². The Bertz CT molecular complexity index is 2310. The fourth-order valence-electron chi connectivity index (χ4n) is 5.80. The van der Waals surface area contributed by atoms with Crippen molar-refractivity contribution in [1.82, 2.24) is 40.5 Å². The number of aliphatic hydroxyl groups is 1. The molecule has 0 aliphatic carbocycles. The third kappa shape index (κ3) is 15.5. The highest BCUT2D eigenvalue weighted by molar-refractivity contribution is 7.80. The Balaban J connectivity index is 1.09. The molecule has 0 amide bonds. The van der Waals surface area contributed by atoms with Crippen molar-refractivity contribution in [3.63, 3.8) is 0 Å². The van der Waals surface area contributed by atoms with Crippen LogP contribution >= 0.6 is 25.3 Å². The topological polar surface area (TPSA) is 203 Å². The molecule has 6 aromatic rings. The average molecular weight is 875 g/mol. The van der Waals surface area contributed by atoms with Gasteiger partial charge in [0.2, 0.25) is 35.7 Å². The number of aromatic nitrogens is 6. The lowest BCUT2D eigenvalue weighted by atomic mass is 10.1. The van der Waals surface area contributed by atoms with Gasteiger partial charge in [-0.25, -0.2) is 0 Å². The summed E-state index contributed by atoms with van der Waals surface area (Å²) in [6.07, 6.45) is 5.82. The highest BCUT2D eigenvalue weighted by Gasteiger charge is 2.11. The Morgan fingerprint density at radius 3 is 1.40 bits per heavy atom. The number of hydrogen-bond donors (Lipinski definition) is 11. The third-order valence-electron chi connectivity index (χ3n) is 8.82. The van der Waals surface area contributed by atoms with Gasteiger partial charge < -0.3 is 52.4 Å². The zero-order chi connectivity index (χ0) is 43.2. The molecule has 324 valence electrons. The molecular formula is C44H54N14O2S2. The summed E-state index contributed by atoms with van der Waals surface area (Å²) in [6.45, 7) is 7.78. The van der Waals surface area contributed by atoms with Crippen LogP contribution in [0.1, 0.15) is 30.9 Å². The molecular weight excluding hydrogens is 821 g/mol. The largest absolute Gasteiger partial charge is 0.394 e. The molecule has 0 bridgehead atoms. The summed E-state index contributed by atoms with van der Waals surface area (Å²) in [7, 11) is 0. The second-order valence-corrected chi connectivity index (χ2v) is 14.7. The minimum absolute atomic E-state index is 0.00515. The second-order valence-electron chi connectivity index (χ2n) is 13.8. The van der Waals surface area contributed by atoms with E-state index in [0.29, 0.717) is 68.4 Å². The number of anilines is 10. The SMILES string of the molecule is CCCNCCNCCNc1nc(Nc2ccccc2)nc(Nc2ccc(/C=C/c3ccc(Nc4nc(NCCCOCCO)nc(Nc5ccccc5)n4)cc3S)c(S)c2)n1. The quantitative estimate of drug-likeness (QED) is 0.0144. The van der Waals surface area contributed by atoms with Crippen molar-refractivity contribution < 1.29 is 9.84 Å². The van der Waals surface area contributed by atoms with E-state index in [9.17, 15) is 0 Å². The van der Waals surface area contributed by atoms with Gasteiger partial charge in [0, 0.05) is 71.9 Å². The van der Waals surface area contributed by atoms with E-state index in [1.54, 1.807) is 0 Å². The molecule has 0 aliphatic rings. The Kier molecular flexibility index (Phi) is 18.4. The van der Waals surface area contributed by atoms with Gasteiger partial charge in [-0.15, -0.1) is 25.3 Å². The monoisotopic (exact) mass is 874 g/mol. The smallest absolute Gasteiger partial charge is 0.233 e. The van der Waals surface area contributed by atoms with Crippen LogP contribution in [0.4, 0.5) is 58.4 Å². The van der Waals surface area contributed by atoms with Crippen LogP contribution in [0.2, 0.25) is 0 Å². The van der Waals surface area contributed by atoms with Gasteiger partial charge in [-0.3, -0.25) is 0 Å². The van der Waals surface area contributed by atoms with Crippen LogP contribution < -0.4 is 42.5 Å². The van der Waals surface area contributed by atoms with Crippen LogP contribution in [0.3, 0.4) is 0 Å². The molecule has 4 aromatic carbocycles. The molecule has 0 radical (unpaired) electrons. The van der Waals surface area contributed by atoms with Crippen molar-refractivity contribution in [2.24, 2.45) is 0 Å². The second kappa shape index (κ2) is 25.0. The van der Waals surface area contributed by atoms with Crippen LogP contribution in [-0.2, 0) is 4.74 Å². The molecule has 0 saturated heterocycles. The number of rotatable bonds is 26. The normalized spacial score (nSPS) is 11.1. The van der Waals surface area contributed by atoms with Crippen LogP contribution in [-0.4, -0.2) is 94.1 Å². The Morgan fingerprint density at radius 2 is 0.935 bits per heavy atom. The lowest BCUT2D eigenvalue weighted by Crippen LogP contribution is -2.31. The Labute approximate surface area is 373 Å². The maximum atomic E-state index is 8.94. The third-order valence-corrected chi connectivity index (χ3v) is 9.60. The van der Waals surface area contributed by atoms with Crippen molar-refractivity contribution in [3.8, 4) is 0 Å². The van der Waals surface area contributed by atoms with Crippen LogP contribution in [0.25, 0.3) is 12.2 Å².